The van der Waals surface area contributed by atoms with E-state index >= 15 is 0 Å². The first kappa shape index (κ1) is 18.0. The molecule has 4 rings (SSSR count). The van der Waals surface area contributed by atoms with Gasteiger partial charge in [0, 0.05) is 36.6 Å². The van der Waals surface area contributed by atoms with Crippen LogP contribution in [0.4, 0.5) is 0 Å². The van der Waals surface area contributed by atoms with Gasteiger partial charge in [0.1, 0.15) is 17.5 Å². The number of rotatable bonds is 6. The molecule has 28 heavy (non-hydrogen) atoms. The van der Waals surface area contributed by atoms with Crippen LogP contribution in [-0.2, 0) is 11.2 Å². The van der Waals surface area contributed by atoms with Gasteiger partial charge >= 0.3 is 0 Å². The third kappa shape index (κ3) is 3.41. The Morgan fingerprint density at radius 3 is 2.93 bits per heavy atom. The molecule has 3 heterocycles. The SMILES string of the molecule is Cc1cc(/C=C(\C#N)C(=O)NCCc2nnc3ccccn23)c(C)n1C1CC1. The first-order valence-corrected chi connectivity index (χ1v) is 9.45. The molecule has 0 aromatic carbocycles. The summed E-state index contributed by atoms with van der Waals surface area (Å²) in [5, 5.41) is 20.5. The van der Waals surface area contributed by atoms with Crippen molar-refractivity contribution in [3.05, 3.63) is 58.8 Å². The van der Waals surface area contributed by atoms with E-state index in [0.29, 0.717) is 19.0 Å². The zero-order chi connectivity index (χ0) is 19.7. The highest BCUT2D eigenvalue weighted by Crippen LogP contribution is 2.38. The van der Waals surface area contributed by atoms with Crippen molar-refractivity contribution in [3.8, 4) is 6.07 Å². The quantitative estimate of drug-likeness (QED) is 0.531. The number of aryl methyl sites for hydroxylation is 1. The van der Waals surface area contributed by atoms with Crippen LogP contribution in [0.5, 0.6) is 0 Å². The molecule has 3 aromatic rings. The maximum Gasteiger partial charge on any atom is 0.261 e. The minimum atomic E-state index is -0.368. The van der Waals surface area contributed by atoms with Crippen molar-refractivity contribution in [1.29, 1.82) is 5.26 Å². The molecule has 142 valence electrons. The van der Waals surface area contributed by atoms with E-state index in [1.54, 1.807) is 6.08 Å². The van der Waals surface area contributed by atoms with Crippen molar-refractivity contribution >= 4 is 17.6 Å². The second-order valence-corrected chi connectivity index (χ2v) is 7.15. The predicted octanol–water partition coefficient (Wildman–Crippen LogP) is 2.75. The summed E-state index contributed by atoms with van der Waals surface area (Å²) >= 11 is 0. The average Bonchev–Trinajstić information content (AvgIpc) is 3.38. The third-order valence-electron chi connectivity index (χ3n) is 5.12. The fourth-order valence-electron chi connectivity index (χ4n) is 3.59. The lowest BCUT2D eigenvalue weighted by Crippen LogP contribution is -2.27. The number of nitriles is 1. The van der Waals surface area contributed by atoms with Crippen LogP contribution < -0.4 is 5.32 Å². The Morgan fingerprint density at radius 1 is 1.36 bits per heavy atom. The van der Waals surface area contributed by atoms with Gasteiger partial charge in [-0.1, -0.05) is 6.07 Å². The molecule has 1 fully saturated rings. The minimum absolute atomic E-state index is 0.113. The Bertz CT molecular complexity index is 1110. The summed E-state index contributed by atoms with van der Waals surface area (Å²) in [6, 6.07) is 10.3. The molecule has 1 N–H and O–H groups in total. The summed E-state index contributed by atoms with van der Waals surface area (Å²) in [5.74, 6) is 0.402. The first-order valence-electron chi connectivity index (χ1n) is 9.45. The first-order chi connectivity index (χ1) is 13.6. The number of nitrogens with one attached hydrogen (secondary N) is 1. The molecule has 0 unspecified atom stereocenters. The lowest BCUT2D eigenvalue weighted by Gasteiger charge is -2.07. The molecular formula is C21H22N6O. The van der Waals surface area contributed by atoms with Gasteiger partial charge in [0.05, 0.1) is 0 Å². The Balaban J connectivity index is 1.44. The van der Waals surface area contributed by atoms with Crippen LogP contribution in [0.3, 0.4) is 0 Å². The third-order valence-corrected chi connectivity index (χ3v) is 5.12. The normalized spacial score (nSPS) is 14.2. The topological polar surface area (TPSA) is 88.0 Å². The molecule has 0 spiro atoms. The van der Waals surface area contributed by atoms with E-state index < -0.39 is 0 Å². The number of hydrogen-bond acceptors (Lipinski definition) is 4. The van der Waals surface area contributed by atoms with Crippen molar-refractivity contribution in [2.24, 2.45) is 0 Å². The lowest BCUT2D eigenvalue weighted by atomic mass is 10.1. The van der Waals surface area contributed by atoms with E-state index in [1.807, 2.05) is 47.9 Å². The summed E-state index contributed by atoms with van der Waals surface area (Å²) in [6.45, 7) is 4.49. The van der Waals surface area contributed by atoms with E-state index in [9.17, 15) is 10.1 Å². The van der Waals surface area contributed by atoms with Crippen LogP contribution in [0.25, 0.3) is 11.7 Å². The summed E-state index contributed by atoms with van der Waals surface area (Å²) in [6.07, 6.45) is 6.50. The highest BCUT2D eigenvalue weighted by molar-refractivity contribution is 6.01. The molecular weight excluding hydrogens is 352 g/mol. The number of fused-ring (bicyclic) bond motifs is 1. The average molecular weight is 374 g/mol. The number of carbonyl (C=O) groups is 1. The monoisotopic (exact) mass is 374 g/mol. The lowest BCUT2D eigenvalue weighted by molar-refractivity contribution is -0.117. The Morgan fingerprint density at radius 2 is 2.18 bits per heavy atom. The molecule has 0 aliphatic heterocycles. The van der Waals surface area contributed by atoms with Gasteiger partial charge in [-0.2, -0.15) is 5.26 Å². The number of carbonyl (C=O) groups excluding carboxylic acids is 1. The predicted molar refractivity (Wildman–Crippen MR) is 105 cm³/mol. The van der Waals surface area contributed by atoms with Gasteiger partial charge < -0.3 is 9.88 Å². The number of nitrogens with zero attached hydrogens (tertiary/aromatic N) is 5. The maximum atomic E-state index is 12.5. The smallest absolute Gasteiger partial charge is 0.261 e. The molecule has 0 atom stereocenters. The van der Waals surface area contributed by atoms with Crippen molar-refractivity contribution < 1.29 is 4.79 Å². The molecule has 0 bridgehead atoms. The van der Waals surface area contributed by atoms with E-state index in [1.165, 1.54) is 18.5 Å². The van der Waals surface area contributed by atoms with E-state index in [4.69, 9.17) is 0 Å². The minimum Gasteiger partial charge on any atom is -0.351 e. The fourth-order valence-corrected chi connectivity index (χ4v) is 3.59. The highest BCUT2D eigenvalue weighted by Gasteiger charge is 2.26. The van der Waals surface area contributed by atoms with Crippen molar-refractivity contribution in [2.75, 3.05) is 6.54 Å². The van der Waals surface area contributed by atoms with Gasteiger partial charge in [-0.3, -0.25) is 9.20 Å². The maximum absolute atomic E-state index is 12.5. The Labute approximate surface area is 163 Å². The fraction of sp³-hybridized carbons (Fsp3) is 0.333. The summed E-state index contributed by atoms with van der Waals surface area (Å²) in [4.78, 5) is 12.5. The summed E-state index contributed by atoms with van der Waals surface area (Å²) < 4.78 is 4.19. The second-order valence-electron chi connectivity index (χ2n) is 7.15. The summed E-state index contributed by atoms with van der Waals surface area (Å²) in [5.41, 5.74) is 4.09. The number of pyridine rings is 1. The molecule has 7 nitrogen and oxygen atoms in total. The van der Waals surface area contributed by atoms with Crippen LogP contribution in [0.1, 0.15) is 41.7 Å². The largest absolute Gasteiger partial charge is 0.351 e. The van der Waals surface area contributed by atoms with Crippen molar-refractivity contribution in [3.63, 3.8) is 0 Å². The van der Waals surface area contributed by atoms with E-state index in [0.717, 1.165) is 22.7 Å². The van der Waals surface area contributed by atoms with Crippen LogP contribution >= 0.6 is 0 Å². The van der Waals surface area contributed by atoms with Gasteiger partial charge in [-0.25, -0.2) is 0 Å². The molecule has 0 saturated heterocycles. The molecule has 0 radical (unpaired) electrons. The van der Waals surface area contributed by atoms with Gasteiger partial charge in [0.2, 0.25) is 0 Å². The molecule has 1 aliphatic rings. The zero-order valence-corrected chi connectivity index (χ0v) is 16.0. The number of hydrogen-bond donors (Lipinski definition) is 1. The van der Waals surface area contributed by atoms with Crippen LogP contribution in [0.2, 0.25) is 0 Å². The number of amides is 1. The van der Waals surface area contributed by atoms with Crippen molar-refractivity contribution in [1.82, 2.24) is 24.5 Å². The van der Waals surface area contributed by atoms with E-state index in [-0.39, 0.29) is 11.5 Å². The van der Waals surface area contributed by atoms with Gasteiger partial charge in [-0.05, 0) is 56.5 Å². The van der Waals surface area contributed by atoms with Gasteiger partial charge in [-0.15, -0.1) is 10.2 Å². The molecule has 1 aliphatic carbocycles. The molecule has 1 amide bonds. The zero-order valence-electron chi connectivity index (χ0n) is 16.0. The van der Waals surface area contributed by atoms with Crippen LogP contribution in [-0.4, -0.2) is 31.6 Å². The van der Waals surface area contributed by atoms with Gasteiger partial charge in [0.25, 0.3) is 5.91 Å². The van der Waals surface area contributed by atoms with Crippen LogP contribution in [0.15, 0.2) is 36.0 Å². The number of aromatic nitrogens is 4. The molecule has 7 heteroatoms. The standard InChI is InChI=1S/C21H22N6O/c1-14-11-16(15(2)27(14)18-6-7-18)12-17(13-22)21(28)23-9-8-20-25-24-19-5-3-4-10-26(19)20/h3-5,10-12,18H,6-9H2,1-2H3,(H,23,28)/b17-12+. The Hall–Kier alpha value is -3.40. The van der Waals surface area contributed by atoms with Crippen molar-refractivity contribution in [2.45, 2.75) is 39.2 Å². The van der Waals surface area contributed by atoms with Crippen LogP contribution in [0, 0.1) is 25.2 Å². The second kappa shape index (κ2) is 7.31. The van der Waals surface area contributed by atoms with E-state index in [2.05, 4.69) is 27.0 Å². The highest BCUT2D eigenvalue weighted by atomic mass is 16.1. The summed E-state index contributed by atoms with van der Waals surface area (Å²) in [7, 11) is 0. The molecule has 3 aromatic heterocycles. The van der Waals surface area contributed by atoms with Gasteiger partial charge in [0.15, 0.2) is 5.65 Å². The Kier molecular flexibility index (Phi) is 4.70. The molecule has 1 saturated carbocycles.